The molecule has 4 nitrogen and oxygen atoms in total. The molecular weight excluding hydrogens is 290 g/mol. The number of carbonyl (C=O) groups is 1. The van der Waals surface area contributed by atoms with Gasteiger partial charge in [0.05, 0.1) is 20.6 Å². The highest BCUT2D eigenvalue weighted by molar-refractivity contribution is 6.30. The number of hydrogen-bond acceptors (Lipinski definition) is 3. The van der Waals surface area contributed by atoms with Crippen LogP contribution in [0.4, 0.5) is 5.69 Å². The molecule has 110 valence electrons. The predicted molar refractivity (Wildman–Crippen MR) is 83.3 cm³/mol. The molecule has 0 unspecified atom stereocenters. The maximum Gasteiger partial charge on any atom is 0.228 e. The normalized spacial score (nSPS) is 10.0. The van der Waals surface area contributed by atoms with Crippen LogP contribution in [-0.2, 0) is 11.2 Å². The van der Waals surface area contributed by atoms with Gasteiger partial charge in [-0.1, -0.05) is 23.7 Å². The predicted octanol–water partition coefficient (Wildman–Crippen LogP) is 3.54. The Labute approximate surface area is 128 Å². The third-order valence-corrected chi connectivity index (χ3v) is 3.12. The molecular formula is C16H16ClNO3. The molecule has 5 heteroatoms. The lowest BCUT2D eigenvalue weighted by atomic mass is 10.1. The van der Waals surface area contributed by atoms with Gasteiger partial charge >= 0.3 is 0 Å². The standard InChI is InChI=1S/C16H16ClNO3/c1-20-14-8-13(9-15(10-14)21-2)18-16(19)7-11-4-3-5-12(17)6-11/h3-6,8-10H,7H2,1-2H3,(H,18,19). The third kappa shape index (κ3) is 4.39. The molecule has 1 N–H and O–H groups in total. The van der Waals surface area contributed by atoms with Gasteiger partial charge in [-0.2, -0.15) is 0 Å². The maximum absolute atomic E-state index is 12.1. The van der Waals surface area contributed by atoms with Crippen molar-refractivity contribution in [2.75, 3.05) is 19.5 Å². The number of benzene rings is 2. The van der Waals surface area contributed by atoms with Crippen molar-refractivity contribution in [2.45, 2.75) is 6.42 Å². The van der Waals surface area contributed by atoms with Gasteiger partial charge in [-0.05, 0) is 17.7 Å². The fourth-order valence-corrected chi connectivity index (χ4v) is 2.13. The number of halogens is 1. The molecule has 0 aliphatic heterocycles. The number of carbonyl (C=O) groups excluding carboxylic acids is 1. The van der Waals surface area contributed by atoms with Gasteiger partial charge in [0.15, 0.2) is 0 Å². The van der Waals surface area contributed by atoms with Gasteiger partial charge in [0, 0.05) is 28.9 Å². The minimum atomic E-state index is -0.132. The van der Waals surface area contributed by atoms with E-state index in [9.17, 15) is 4.79 Å². The summed E-state index contributed by atoms with van der Waals surface area (Å²) in [5, 5.41) is 3.43. The van der Waals surface area contributed by atoms with E-state index < -0.39 is 0 Å². The van der Waals surface area contributed by atoms with Crippen LogP contribution >= 0.6 is 11.6 Å². The molecule has 0 atom stereocenters. The molecule has 2 aromatic carbocycles. The number of anilines is 1. The number of methoxy groups -OCH3 is 2. The van der Waals surface area contributed by atoms with E-state index in [1.54, 1.807) is 44.6 Å². The monoisotopic (exact) mass is 305 g/mol. The van der Waals surface area contributed by atoms with Crippen LogP contribution in [0.2, 0.25) is 5.02 Å². The molecule has 0 bridgehead atoms. The van der Waals surface area contributed by atoms with Crippen molar-refractivity contribution in [3.63, 3.8) is 0 Å². The highest BCUT2D eigenvalue weighted by atomic mass is 35.5. The molecule has 0 saturated heterocycles. The van der Waals surface area contributed by atoms with E-state index in [1.165, 1.54) is 0 Å². The Hall–Kier alpha value is -2.20. The summed E-state index contributed by atoms with van der Waals surface area (Å²) < 4.78 is 10.3. The highest BCUT2D eigenvalue weighted by Gasteiger charge is 2.07. The summed E-state index contributed by atoms with van der Waals surface area (Å²) in [4.78, 5) is 12.1. The van der Waals surface area contributed by atoms with Crippen LogP contribution in [0.1, 0.15) is 5.56 Å². The van der Waals surface area contributed by atoms with E-state index in [4.69, 9.17) is 21.1 Å². The van der Waals surface area contributed by atoms with Crippen molar-refractivity contribution in [1.82, 2.24) is 0 Å². The first-order chi connectivity index (χ1) is 10.1. The summed E-state index contributed by atoms with van der Waals surface area (Å²) in [5.41, 5.74) is 1.48. The summed E-state index contributed by atoms with van der Waals surface area (Å²) in [6, 6.07) is 12.4. The number of nitrogens with one attached hydrogen (secondary N) is 1. The van der Waals surface area contributed by atoms with Gasteiger partial charge in [-0.25, -0.2) is 0 Å². The molecule has 0 aromatic heterocycles. The van der Waals surface area contributed by atoms with Crippen LogP contribution in [0.3, 0.4) is 0 Å². The van der Waals surface area contributed by atoms with Crippen LogP contribution in [0.15, 0.2) is 42.5 Å². The molecule has 0 aliphatic rings. The molecule has 21 heavy (non-hydrogen) atoms. The summed E-state index contributed by atoms with van der Waals surface area (Å²) >= 11 is 5.90. The minimum Gasteiger partial charge on any atom is -0.497 e. The van der Waals surface area contributed by atoms with E-state index >= 15 is 0 Å². The van der Waals surface area contributed by atoms with Gasteiger partial charge < -0.3 is 14.8 Å². The lowest BCUT2D eigenvalue weighted by Crippen LogP contribution is -2.14. The largest absolute Gasteiger partial charge is 0.497 e. The van der Waals surface area contributed by atoms with Crippen LogP contribution in [-0.4, -0.2) is 20.1 Å². The molecule has 0 fully saturated rings. The second kappa shape index (κ2) is 6.99. The van der Waals surface area contributed by atoms with Crippen LogP contribution < -0.4 is 14.8 Å². The van der Waals surface area contributed by atoms with E-state index in [-0.39, 0.29) is 12.3 Å². The summed E-state index contributed by atoms with van der Waals surface area (Å²) in [6.45, 7) is 0. The minimum absolute atomic E-state index is 0.132. The second-order valence-electron chi connectivity index (χ2n) is 4.46. The number of ether oxygens (including phenoxy) is 2. The molecule has 0 saturated carbocycles. The van der Waals surface area contributed by atoms with Crippen molar-refractivity contribution in [3.8, 4) is 11.5 Å². The highest BCUT2D eigenvalue weighted by Crippen LogP contribution is 2.25. The Bertz CT molecular complexity index is 621. The SMILES string of the molecule is COc1cc(NC(=O)Cc2cccc(Cl)c2)cc(OC)c1. The maximum atomic E-state index is 12.1. The number of amides is 1. The average molecular weight is 306 g/mol. The molecule has 0 spiro atoms. The molecule has 2 rings (SSSR count). The quantitative estimate of drug-likeness (QED) is 0.919. The Morgan fingerprint density at radius 3 is 2.33 bits per heavy atom. The van der Waals surface area contributed by atoms with Gasteiger partial charge in [-0.3, -0.25) is 4.79 Å². The zero-order valence-corrected chi connectivity index (χ0v) is 12.6. The fraction of sp³-hybridized carbons (Fsp3) is 0.188. The zero-order valence-electron chi connectivity index (χ0n) is 11.9. The molecule has 0 radical (unpaired) electrons. The van der Waals surface area contributed by atoms with E-state index in [0.717, 1.165) is 5.56 Å². The second-order valence-corrected chi connectivity index (χ2v) is 4.89. The summed E-state index contributed by atoms with van der Waals surface area (Å²) in [6.07, 6.45) is 0.250. The van der Waals surface area contributed by atoms with Crippen molar-refractivity contribution in [1.29, 1.82) is 0 Å². The molecule has 0 aliphatic carbocycles. The van der Waals surface area contributed by atoms with Gasteiger partial charge in [-0.15, -0.1) is 0 Å². The molecule has 0 heterocycles. The van der Waals surface area contributed by atoms with E-state index in [2.05, 4.69) is 5.32 Å². The Balaban J connectivity index is 2.08. The smallest absolute Gasteiger partial charge is 0.228 e. The molecule has 2 aromatic rings. The van der Waals surface area contributed by atoms with Crippen molar-refractivity contribution >= 4 is 23.2 Å². The van der Waals surface area contributed by atoms with Crippen molar-refractivity contribution in [2.24, 2.45) is 0 Å². The lowest BCUT2D eigenvalue weighted by Gasteiger charge is -2.10. The fourth-order valence-electron chi connectivity index (χ4n) is 1.92. The first-order valence-corrected chi connectivity index (χ1v) is 6.76. The van der Waals surface area contributed by atoms with Crippen LogP contribution in [0.25, 0.3) is 0 Å². The summed E-state index contributed by atoms with van der Waals surface area (Å²) in [5.74, 6) is 1.10. The Morgan fingerprint density at radius 2 is 1.76 bits per heavy atom. The summed E-state index contributed by atoms with van der Waals surface area (Å²) in [7, 11) is 3.12. The van der Waals surface area contributed by atoms with E-state index in [1.807, 2.05) is 12.1 Å². The molecule has 1 amide bonds. The van der Waals surface area contributed by atoms with Gasteiger partial charge in [0.2, 0.25) is 5.91 Å². The Morgan fingerprint density at radius 1 is 1.10 bits per heavy atom. The van der Waals surface area contributed by atoms with Crippen molar-refractivity contribution < 1.29 is 14.3 Å². The van der Waals surface area contributed by atoms with Crippen molar-refractivity contribution in [3.05, 3.63) is 53.1 Å². The van der Waals surface area contributed by atoms with Crippen LogP contribution in [0, 0.1) is 0 Å². The third-order valence-electron chi connectivity index (χ3n) is 2.89. The number of hydrogen-bond donors (Lipinski definition) is 1. The zero-order chi connectivity index (χ0) is 15.2. The Kier molecular flexibility index (Phi) is 5.06. The first-order valence-electron chi connectivity index (χ1n) is 6.38. The topological polar surface area (TPSA) is 47.6 Å². The van der Waals surface area contributed by atoms with E-state index in [0.29, 0.717) is 22.2 Å². The first kappa shape index (κ1) is 15.2. The number of rotatable bonds is 5. The van der Waals surface area contributed by atoms with Crippen LogP contribution in [0.5, 0.6) is 11.5 Å². The van der Waals surface area contributed by atoms with Gasteiger partial charge in [0.25, 0.3) is 0 Å². The lowest BCUT2D eigenvalue weighted by molar-refractivity contribution is -0.115. The van der Waals surface area contributed by atoms with Gasteiger partial charge in [0.1, 0.15) is 11.5 Å². The average Bonchev–Trinajstić information content (AvgIpc) is 2.46.